The Morgan fingerprint density at radius 3 is 2.65 bits per heavy atom. The number of benzene rings is 1. The van der Waals surface area contributed by atoms with Crippen molar-refractivity contribution in [2.24, 2.45) is 0 Å². The predicted molar refractivity (Wildman–Crippen MR) is 108 cm³/mol. The Bertz CT molecular complexity index is 1140. The minimum absolute atomic E-state index is 0.0622. The van der Waals surface area contributed by atoms with Crippen molar-refractivity contribution in [3.63, 3.8) is 0 Å². The molecule has 2 aromatic rings. The van der Waals surface area contributed by atoms with Crippen LogP contribution in [0.25, 0.3) is 0 Å². The molecule has 4 rings (SSSR count). The Morgan fingerprint density at radius 2 is 2.00 bits per heavy atom. The molecule has 0 saturated carbocycles. The number of likely N-dealkylation sites (N-methyl/N-ethyl adjacent to an activating group) is 1. The van der Waals surface area contributed by atoms with Crippen LogP contribution in [0.2, 0.25) is 0 Å². The van der Waals surface area contributed by atoms with Crippen LogP contribution in [-0.4, -0.2) is 39.5 Å². The number of halogens is 2. The number of nitrogens with one attached hydrogen (secondary N) is 1. The highest BCUT2D eigenvalue weighted by Crippen LogP contribution is 2.44. The summed E-state index contributed by atoms with van der Waals surface area (Å²) in [6, 6.07) is 2.86. The van der Waals surface area contributed by atoms with Crippen molar-refractivity contribution in [2.75, 3.05) is 13.1 Å². The molecule has 2 aliphatic rings. The average Bonchev–Trinajstić information content (AvgIpc) is 3.10. The third-order valence-corrected chi connectivity index (χ3v) is 6.21. The molecule has 0 bridgehead atoms. The molecule has 1 aromatic carbocycles. The van der Waals surface area contributed by atoms with Gasteiger partial charge in [-0.05, 0) is 25.8 Å². The molecular formula is C22H23F2N3O4. The molecule has 0 fully saturated rings. The van der Waals surface area contributed by atoms with Crippen molar-refractivity contribution in [3.8, 4) is 5.75 Å². The van der Waals surface area contributed by atoms with E-state index in [0.717, 1.165) is 6.07 Å². The number of hydrogen-bond donors (Lipinski definition) is 2. The Balaban J connectivity index is 1.77. The lowest BCUT2D eigenvalue weighted by molar-refractivity contribution is 0.0675. The maximum atomic E-state index is 13.9. The number of pyridine rings is 1. The van der Waals surface area contributed by atoms with Gasteiger partial charge >= 0.3 is 0 Å². The van der Waals surface area contributed by atoms with Gasteiger partial charge in [0.1, 0.15) is 17.2 Å². The number of nitrogens with zero attached hydrogens (tertiary/aromatic N) is 2. The summed E-state index contributed by atoms with van der Waals surface area (Å²) in [6.45, 7) is 4.39. The highest BCUT2D eigenvalue weighted by Gasteiger charge is 2.44. The standard InChI is InChI=1S/C22H23F2N3O4/c1-3-11-7-14-10-26(4-2)22(31)18-20(29)19(28)16(17(11)27(14)18)21(30)25-9-12-5-6-13(23)8-15(12)24/h5-6,8,11,14,29H,3-4,7,9-10H2,1-2H3,(H,25,30)/t11-,14?/m1/s1. The SMILES string of the molecule is CC[C@@H]1CC2CN(CC)C(=O)c3c(O)c(=O)c(C(=O)NCc4ccc(F)cc4F)c1n32. The van der Waals surface area contributed by atoms with Crippen LogP contribution in [0.3, 0.4) is 0 Å². The lowest BCUT2D eigenvalue weighted by Gasteiger charge is -2.34. The highest BCUT2D eigenvalue weighted by atomic mass is 19.1. The minimum atomic E-state index is -0.913. The number of hydrogen-bond acceptors (Lipinski definition) is 4. The van der Waals surface area contributed by atoms with Crippen LogP contribution in [0.5, 0.6) is 5.75 Å². The van der Waals surface area contributed by atoms with E-state index in [4.69, 9.17) is 0 Å². The van der Waals surface area contributed by atoms with E-state index in [9.17, 15) is 28.3 Å². The molecule has 2 aliphatic heterocycles. The molecule has 0 saturated heterocycles. The van der Waals surface area contributed by atoms with Crippen molar-refractivity contribution >= 4 is 11.8 Å². The smallest absolute Gasteiger partial charge is 0.274 e. The maximum absolute atomic E-state index is 13.9. The number of amides is 2. The van der Waals surface area contributed by atoms with Crippen molar-refractivity contribution in [3.05, 3.63) is 62.6 Å². The number of carbonyl (C=O) groups excluding carboxylic acids is 2. The van der Waals surface area contributed by atoms with Crippen LogP contribution < -0.4 is 10.7 Å². The Labute approximate surface area is 177 Å². The van der Waals surface area contributed by atoms with Crippen LogP contribution in [0.1, 0.15) is 70.8 Å². The summed E-state index contributed by atoms with van der Waals surface area (Å²) >= 11 is 0. The van der Waals surface area contributed by atoms with E-state index in [1.165, 1.54) is 6.07 Å². The highest BCUT2D eigenvalue weighted by molar-refractivity contribution is 6.00. The first-order valence-electron chi connectivity index (χ1n) is 10.3. The van der Waals surface area contributed by atoms with Gasteiger partial charge in [-0.1, -0.05) is 13.0 Å². The number of rotatable bonds is 5. The van der Waals surface area contributed by atoms with Gasteiger partial charge in [0.2, 0.25) is 5.43 Å². The second-order valence-electron chi connectivity index (χ2n) is 7.91. The quantitative estimate of drug-likeness (QED) is 0.762. The predicted octanol–water partition coefficient (Wildman–Crippen LogP) is 2.68. The van der Waals surface area contributed by atoms with Gasteiger partial charge in [-0.15, -0.1) is 0 Å². The summed E-state index contributed by atoms with van der Waals surface area (Å²) in [5.74, 6) is -3.63. The number of aromatic nitrogens is 1. The topological polar surface area (TPSA) is 91.6 Å². The molecule has 1 aromatic heterocycles. The van der Waals surface area contributed by atoms with Crippen LogP contribution in [-0.2, 0) is 6.54 Å². The fourth-order valence-electron chi connectivity index (χ4n) is 4.65. The van der Waals surface area contributed by atoms with E-state index < -0.39 is 34.6 Å². The molecule has 2 N–H and O–H groups in total. The molecule has 2 amide bonds. The molecule has 7 nitrogen and oxygen atoms in total. The summed E-state index contributed by atoms with van der Waals surface area (Å²) in [5.41, 5.74) is -0.714. The second kappa shape index (κ2) is 7.79. The van der Waals surface area contributed by atoms with Gasteiger partial charge in [-0.3, -0.25) is 14.4 Å². The van der Waals surface area contributed by atoms with Gasteiger partial charge < -0.3 is 19.9 Å². The number of aromatic hydroxyl groups is 1. The summed E-state index contributed by atoms with van der Waals surface area (Å²) in [5, 5.41) is 13.1. The molecule has 0 radical (unpaired) electrons. The normalized spacial score (nSPS) is 19.5. The Hall–Kier alpha value is -3.23. The summed E-state index contributed by atoms with van der Waals surface area (Å²) in [4.78, 5) is 40.4. The maximum Gasteiger partial charge on any atom is 0.274 e. The first kappa shape index (κ1) is 21.0. The van der Waals surface area contributed by atoms with Crippen molar-refractivity contribution in [2.45, 2.75) is 45.2 Å². The second-order valence-corrected chi connectivity index (χ2v) is 7.91. The fourth-order valence-corrected chi connectivity index (χ4v) is 4.65. The number of carbonyl (C=O) groups is 2. The van der Waals surface area contributed by atoms with Crippen LogP contribution >= 0.6 is 0 Å². The summed E-state index contributed by atoms with van der Waals surface area (Å²) < 4.78 is 28.7. The van der Waals surface area contributed by atoms with Crippen LogP contribution in [0.15, 0.2) is 23.0 Å². The van der Waals surface area contributed by atoms with Gasteiger partial charge in [0.25, 0.3) is 11.8 Å². The van der Waals surface area contributed by atoms with Crippen molar-refractivity contribution < 1.29 is 23.5 Å². The van der Waals surface area contributed by atoms with E-state index in [0.29, 0.717) is 37.7 Å². The monoisotopic (exact) mass is 431 g/mol. The lowest BCUT2D eigenvalue weighted by Crippen LogP contribution is -2.44. The third kappa shape index (κ3) is 3.28. The summed E-state index contributed by atoms with van der Waals surface area (Å²) in [6.07, 6.45) is 1.29. The largest absolute Gasteiger partial charge is 0.503 e. The molecule has 1 unspecified atom stereocenters. The van der Waals surface area contributed by atoms with Gasteiger partial charge in [0.05, 0.1) is 6.04 Å². The zero-order chi connectivity index (χ0) is 22.4. The van der Waals surface area contributed by atoms with Crippen LogP contribution in [0.4, 0.5) is 8.78 Å². The third-order valence-electron chi connectivity index (χ3n) is 6.21. The molecular weight excluding hydrogens is 408 g/mol. The Morgan fingerprint density at radius 1 is 1.26 bits per heavy atom. The molecule has 0 aliphatic carbocycles. The van der Waals surface area contributed by atoms with Crippen molar-refractivity contribution in [1.82, 2.24) is 14.8 Å². The zero-order valence-electron chi connectivity index (χ0n) is 17.2. The molecule has 3 heterocycles. The molecule has 2 atom stereocenters. The molecule has 31 heavy (non-hydrogen) atoms. The lowest BCUT2D eigenvalue weighted by atomic mass is 9.95. The zero-order valence-corrected chi connectivity index (χ0v) is 17.2. The van der Waals surface area contributed by atoms with Gasteiger partial charge in [-0.25, -0.2) is 8.78 Å². The van der Waals surface area contributed by atoms with E-state index in [-0.39, 0.29) is 35.3 Å². The first-order valence-corrected chi connectivity index (χ1v) is 10.3. The van der Waals surface area contributed by atoms with E-state index in [1.54, 1.807) is 9.47 Å². The molecule has 164 valence electrons. The molecule has 0 spiro atoms. The van der Waals surface area contributed by atoms with E-state index in [2.05, 4.69) is 5.32 Å². The molecule has 9 heteroatoms. The Kier molecular flexibility index (Phi) is 5.28. The van der Waals surface area contributed by atoms with Crippen molar-refractivity contribution in [1.29, 1.82) is 0 Å². The van der Waals surface area contributed by atoms with E-state index >= 15 is 0 Å². The fraction of sp³-hybridized carbons (Fsp3) is 0.409. The minimum Gasteiger partial charge on any atom is -0.503 e. The summed E-state index contributed by atoms with van der Waals surface area (Å²) in [7, 11) is 0. The van der Waals surface area contributed by atoms with Crippen LogP contribution in [0, 0.1) is 11.6 Å². The van der Waals surface area contributed by atoms with Gasteiger partial charge in [-0.2, -0.15) is 0 Å². The first-order chi connectivity index (χ1) is 14.8. The van der Waals surface area contributed by atoms with Gasteiger partial charge in [0.15, 0.2) is 11.4 Å². The van der Waals surface area contributed by atoms with Gasteiger partial charge in [0, 0.05) is 42.9 Å². The average molecular weight is 431 g/mol. The van der Waals surface area contributed by atoms with E-state index in [1.807, 2.05) is 13.8 Å².